The van der Waals surface area contributed by atoms with Crippen molar-refractivity contribution in [1.82, 2.24) is 19.9 Å². The molecule has 2 aromatic heterocycles. The summed E-state index contributed by atoms with van der Waals surface area (Å²) in [6.07, 6.45) is 1.10. The first-order valence-corrected chi connectivity index (χ1v) is 14.8. The predicted octanol–water partition coefficient (Wildman–Crippen LogP) is 6.97. The lowest BCUT2D eigenvalue weighted by atomic mass is 9.90. The van der Waals surface area contributed by atoms with E-state index in [1.165, 1.54) is 0 Å². The number of carbonyl (C=O) groups excluding carboxylic acids is 1. The molecule has 0 aliphatic carbocycles. The van der Waals surface area contributed by atoms with E-state index in [1.54, 1.807) is 18.3 Å². The van der Waals surface area contributed by atoms with Gasteiger partial charge in [0.25, 0.3) is 0 Å². The Kier molecular flexibility index (Phi) is 7.99. The van der Waals surface area contributed by atoms with Crippen LogP contribution in [0.1, 0.15) is 51.8 Å². The minimum atomic E-state index is -0.718. The van der Waals surface area contributed by atoms with Gasteiger partial charge in [-0.3, -0.25) is 4.79 Å². The number of halogens is 1. The van der Waals surface area contributed by atoms with Gasteiger partial charge in [-0.15, -0.1) is 11.3 Å². The number of piperazine rings is 1. The highest BCUT2D eigenvalue weighted by molar-refractivity contribution is 7.22. The normalized spacial score (nSPS) is 17.4. The number of hydrogen-bond donors (Lipinski definition) is 0. The first-order chi connectivity index (χ1) is 18.9. The van der Waals surface area contributed by atoms with E-state index in [9.17, 15) is 4.79 Å². The van der Waals surface area contributed by atoms with E-state index in [0.29, 0.717) is 11.1 Å². The Hall–Kier alpha value is -2.91. The fourth-order valence-electron chi connectivity index (χ4n) is 5.30. The molecular formula is C31H36ClN5O2S. The number of Topliss-reactive ketones (excluding diaryl/α,β-unsaturated/α-hetero) is 1. The third kappa shape index (κ3) is 5.91. The van der Waals surface area contributed by atoms with E-state index in [0.717, 1.165) is 68.8 Å². The summed E-state index contributed by atoms with van der Waals surface area (Å²) >= 11 is 7.83. The third-order valence-electron chi connectivity index (χ3n) is 7.11. The molecule has 5 rings (SSSR count). The van der Waals surface area contributed by atoms with Crippen LogP contribution in [0.25, 0.3) is 32.0 Å². The van der Waals surface area contributed by atoms with Gasteiger partial charge < -0.3 is 14.5 Å². The predicted molar refractivity (Wildman–Crippen MR) is 164 cm³/mol. The van der Waals surface area contributed by atoms with Gasteiger partial charge in [-0.2, -0.15) is 0 Å². The van der Waals surface area contributed by atoms with E-state index in [2.05, 4.69) is 34.8 Å². The molecule has 40 heavy (non-hydrogen) atoms. The van der Waals surface area contributed by atoms with E-state index in [-0.39, 0.29) is 5.78 Å². The zero-order valence-electron chi connectivity index (χ0n) is 24.2. The van der Waals surface area contributed by atoms with E-state index >= 15 is 0 Å². The Morgan fingerprint density at radius 1 is 1.15 bits per heavy atom. The van der Waals surface area contributed by atoms with Crippen molar-refractivity contribution in [1.29, 1.82) is 0 Å². The summed E-state index contributed by atoms with van der Waals surface area (Å²) in [6, 6.07) is 12.0. The molecule has 0 N–H and O–H groups in total. The summed E-state index contributed by atoms with van der Waals surface area (Å²) in [5.74, 6) is 0.682. The Labute approximate surface area is 245 Å². The molecule has 2 aromatic carbocycles. The Morgan fingerprint density at radius 3 is 2.52 bits per heavy atom. The van der Waals surface area contributed by atoms with Crippen LogP contribution in [-0.2, 0) is 9.53 Å². The molecule has 0 saturated carbocycles. The van der Waals surface area contributed by atoms with Gasteiger partial charge in [-0.05, 0) is 84.0 Å². The largest absolute Gasteiger partial charge is 0.360 e. The second kappa shape index (κ2) is 11.2. The molecule has 0 spiro atoms. The third-order valence-corrected chi connectivity index (χ3v) is 8.48. The maximum absolute atomic E-state index is 13.0. The average molecular weight is 578 g/mol. The van der Waals surface area contributed by atoms with Crippen LogP contribution in [0.5, 0.6) is 0 Å². The molecule has 4 aromatic rings. The average Bonchev–Trinajstić information content (AvgIpc) is 3.30. The minimum Gasteiger partial charge on any atom is -0.360 e. The second-order valence-electron chi connectivity index (χ2n) is 11.6. The van der Waals surface area contributed by atoms with Crippen LogP contribution >= 0.6 is 22.9 Å². The molecule has 1 aliphatic heterocycles. The fraction of sp³-hybridized carbons (Fsp3) is 0.419. The van der Waals surface area contributed by atoms with Gasteiger partial charge in [-0.25, -0.2) is 15.0 Å². The smallest absolute Gasteiger partial charge is 0.226 e. The number of carbonyl (C=O) groups is 1. The number of benzene rings is 2. The van der Waals surface area contributed by atoms with Gasteiger partial charge in [0, 0.05) is 48.0 Å². The number of ketones is 1. The van der Waals surface area contributed by atoms with E-state index in [4.69, 9.17) is 26.3 Å². The molecule has 9 heteroatoms. The van der Waals surface area contributed by atoms with Crippen molar-refractivity contribution in [2.75, 3.05) is 31.6 Å². The maximum Gasteiger partial charge on any atom is 0.226 e. The van der Waals surface area contributed by atoms with Crippen molar-refractivity contribution in [2.45, 2.75) is 59.3 Å². The highest BCUT2D eigenvalue weighted by atomic mass is 35.5. The van der Waals surface area contributed by atoms with Crippen molar-refractivity contribution >= 4 is 44.9 Å². The van der Waals surface area contributed by atoms with Crippen LogP contribution < -0.4 is 4.90 Å². The topological polar surface area (TPSA) is 71.5 Å². The minimum absolute atomic E-state index is 0.0425. The van der Waals surface area contributed by atoms with Gasteiger partial charge in [0.2, 0.25) is 5.95 Å². The molecule has 0 radical (unpaired) electrons. The molecule has 0 amide bonds. The van der Waals surface area contributed by atoms with Crippen LogP contribution in [-0.4, -0.2) is 64.0 Å². The van der Waals surface area contributed by atoms with Crippen molar-refractivity contribution in [3.63, 3.8) is 0 Å². The van der Waals surface area contributed by atoms with Gasteiger partial charge in [-0.1, -0.05) is 23.7 Å². The first-order valence-electron chi connectivity index (χ1n) is 13.6. The number of aryl methyl sites for hydroxylation is 1. The number of thiazole rings is 1. The molecule has 0 unspecified atom stereocenters. The molecule has 3 heterocycles. The number of aromatic nitrogens is 3. The van der Waals surface area contributed by atoms with Crippen LogP contribution in [0.2, 0.25) is 5.02 Å². The van der Waals surface area contributed by atoms with Gasteiger partial charge >= 0.3 is 0 Å². The SMILES string of the molecule is CC(=O)[C@@H](OC(C)(C)C)c1c(C)cc2nc(-c3ccnc(N4CCN(C)C[C@@H]4C)n3)sc2c1-c1ccc(Cl)cc1. The number of anilines is 1. The number of hydrogen-bond acceptors (Lipinski definition) is 8. The maximum atomic E-state index is 13.0. The molecule has 7 nitrogen and oxygen atoms in total. The van der Waals surface area contributed by atoms with Gasteiger partial charge in [0.1, 0.15) is 16.8 Å². The molecule has 210 valence electrons. The van der Waals surface area contributed by atoms with Crippen LogP contribution in [0.15, 0.2) is 42.6 Å². The van der Waals surface area contributed by atoms with Crippen molar-refractivity contribution < 1.29 is 9.53 Å². The van der Waals surface area contributed by atoms with Crippen LogP contribution in [0, 0.1) is 6.92 Å². The Bertz CT molecular complexity index is 1550. The summed E-state index contributed by atoms with van der Waals surface area (Å²) in [6.45, 7) is 14.5. The highest BCUT2D eigenvalue weighted by Crippen LogP contribution is 2.44. The van der Waals surface area contributed by atoms with Gasteiger partial charge in [0.05, 0.1) is 15.8 Å². The van der Waals surface area contributed by atoms with E-state index in [1.807, 2.05) is 64.2 Å². The first kappa shape index (κ1) is 28.6. The monoisotopic (exact) mass is 577 g/mol. The Balaban J connectivity index is 1.68. The van der Waals surface area contributed by atoms with Crippen LogP contribution in [0.3, 0.4) is 0 Å². The number of rotatable bonds is 6. The van der Waals surface area contributed by atoms with Crippen molar-refractivity contribution in [3.8, 4) is 21.8 Å². The standard InChI is InChI=1S/C31H36ClN5O2S/c1-18-16-24-28(26(21-8-10-22(32)11-9-21)25(18)27(20(3)38)39-31(4,5)6)40-29(34-24)23-12-13-33-30(35-23)37-15-14-36(7)17-19(37)2/h8-13,16,19,27H,14-15,17H2,1-7H3/t19-,27+/m0/s1. The quantitative estimate of drug-likeness (QED) is 0.245. The lowest BCUT2D eigenvalue weighted by molar-refractivity contribution is -0.138. The van der Waals surface area contributed by atoms with Crippen LogP contribution in [0.4, 0.5) is 5.95 Å². The zero-order valence-corrected chi connectivity index (χ0v) is 25.7. The zero-order chi connectivity index (χ0) is 28.8. The molecule has 2 atom stereocenters. The number of ether oxygens (including phenoxy) is 1. The molecule has 1 fully saturated rings. The number of fused-ring (bicyclic) bond motifs is 1. The van der Waals surface area contributed by atoms with E-state index < -0.39 is 11.7 Å². The summed E-state index contributed by atoms with van der Waals surface area (Å²) < 4.78 is 7.35. The molecular weight excluding hydrogens is 542 g/mol. The summed E-state index contributed by atoms with van der Waals surface area (Å²) in [4.78, 5) is 32.2. The number of nitrogens with zero attached hydrogens (tertiary/aromatic N) is 5. The lowest BCUT2D eigenvalue weighted by Crippen LogP contribution is -2.51. The lowest BCUT2D eigenvalue weighted by Gasteiger charge is -2.38. The fourth-order valence-corrected chi connectivity index (χ4v) is 6.52. The molecule has 1 saturated heterocycles. The summed E-state index contributed by atoms with van der Waals surface area (Å²) in [5.41, 5.74) is 4.86. The van der Waals surface area contributed by atoms with Gasteiger partial charge in [0.15, 0.2) is 5.78 Å². The van der Waals surface area contributed by atoms with Crippen molar-refractivity contribution in [3.05, 3.63) is 58.7 Å². The Morgan fingerprint density at radius 2 is 1.88 bits per heavy atom. The second-order valence-corrected chi connectivity index (χ2v) is 13.1. The van der Waals surface area contributed by atoms with Crippen molar-refractivity contribution in [2.24, 2.45) is 0 Å². The number of likely N-dealkylation sites (N-methyl/N-ethyl adjacent to an activating group) is 1. The summed E-state index contributed by atoms with van der Waals surface area (Å²) in [5, 5.41) is 1.46. The summed E-state index contributed by atoms with van der Waals surface area (Å²) in [7, 11) is 2.14. The molecule has 0 bridgehead atoms. The molecule has 1 aliphatic rings. The highest BCUT2D eigenvalue weighted by Gasteiger charge is 2.31.